The molecule has 0 saturated carbocycles. The quantitative estimate of drug-likeness (QED) is 0.340. The molecule has 0 aromatic heterocycles. The summed E-state index contributed by atoms with van der Waals surface area (Å²) in [5.74, 6) is 0.669. The molecule has 0 aliphatic heterocycles. The van der Waals surface area contributed by atoms with Crippen molar-refractivity contribution in [1.29, 1.82) is 0 Å². The van der Waals surface area contributed by atoms with Crippen LogP contribution in [0.1, 0.15) is 5.56 Å². The summed E-state index contributed by atoms with van der Waals surface area (Å²) in [6.07, 6.45) is 0. The van der Waals surface area contributed by atoms with Crippen LogP contribution in [-0.2, 0) is 5.33 Å². The third-order valence-electron chi connectivity index (χ3n) is 2.57. The minimum atomic E-state index is -0.576. The number of rotatable bonds is 4. The maximum Gasteiger partial charge on any atom is 0.272 e. The molecule has 21 heavy (non-hydrogen) atoms. The van der Waals surface area contributed by atoms with E-state index < -0.39 is 4.92 Å². The zero-order chi connectivity index (χ0) is 15.6. The smallest absolute Gasteiger partial charge is 0.272 e. The molecule has 110 valence electrons. The summed E-state index contributed by atoms with van der Waals surface area (Å²) in [5.41, 5.74) is 0.599. The molecule has 0 aliphatic rings. The van der Waals surface area contributed by atoms with Gasteiger partial charge in [0.25, 0.3) is 5.69 Å². The zero-order valence-corrected chi connectivity index (χ0v) is 14.1. The summed E-state index contributed by atoms with van der Waals surface area (Å²) in [6, 6.07) is 7.45. The van der Waals surface area contributed by atoms with Crippen LogP contribution in [0.4, 0.5) is 5.69 Å². The van der Waals surface area contributed by atoms with Crippen molar-refractivity contribution in [3.63, 3.8) is 0 Å². The maximum absolute atomic E-state index is 10.7. The Morgan fingerprint density at radius 1 is 1.14 bits per heavy atom. The van der Waals surface area contributed by atoms with Gasteiger partial charge in [0, 0.05) is 28.0 Å². The number of hydrogen-bond donors (Lipinski definition) is 0. The van der Waals surface area contributed by atoms with Crippen LogP contribution in [0.15, 0.2) is 30.3 Å². The Kier molecular flexibility index (Phi) is 5.32. The minimum absolute atomic E-state index is 0.0599. The number of non-ortho nitro benzene ring substituents is 1. The van der Waals surface area contributed by atoms with E-state index in [4.69, 9.17) is 39.5 Å². The number of halogens is 4. The third kappa shape index (κ3) is 3.80. The van der Waals surface area contributed by atoms with Gasteiger partial charge in [0.2, 0.25) is 0 Å². The molecule has 0 unspecified atom stereocenters. The lowest BCUT2D eigenvalue weighted by Crippen LogP contribution is -1.93. The van der Waals surface area contributed by atoms with E-state index in [9.17, 15) is 10.1 Å². The fourth-order valence-electron chi connectivity index (χ4n) is 1.61. The minimum Gasteiger partial charge on any atom is -0.454 e. The van der Waals surface area contributed by atoms with E-state index in [-0.39, 0.29) is 21.5 Å². The zero-order valence-electron chi connectivity index (χ0n) is 10.3. The van der Waals surface area contributed by atoms with Gasteiger partial charge in [-0.15, -0.1) is 0 Å². The fourth-order valence-corrected chi connectivity index (χ4v) is 2.80. The van der Waals surface area contributed by atoms with Gasteiger partial charge in [0.1, 0.15) is 5.75 Å². The lowest BCUT2D eigenvalue weighted by Gasteiger charge is -2.12. The summed E-state index contributed by atoms with van der Waals surface area (Å²) >= 11 is 21.3. The Bertz CT molecular complexity index is 686. The molecule has 0 N–H and O–H groups in total. The van der Waals surface area contributed by atoms with E-state index in [0.717, 1.165) is 5.56 Å². The average Bonchev–Trinajstić information content (AvgIpc) is 2.43. The first kappa shape index (κ1) is 16.4. The Labute approximate surface area is 143 Å². The van der Waals surface area contributed by atoms with E-state index in [2.05, 4.69) is 15.9 Å². The molecule has 8 heteroatoms. The summed E-state index contributed by atoms with van der Waals surface area (Å²) in [6.45, 7) is 0. The van der Waals surface area contributed by atoms with E-state index in [1.807, 2.05) is 0 Å². The van der Waals surface area contributed by atoms with Gasteiger partial charge in [-0.2, -0.15) is 0 Å². The molecule has 2 aromatic carbocycles. The second kappa shape index (κ2) is 6.83. The Balaban J connectivity index is 2.43. The predicted octanol–water partition coefficient (Wildman–Crippen LogP) is 6.24. The standard InChI is InChI=1S/C13H7BrCl3NO3/c14-6-7-3-8(15)1-2-12(7)21-13-10(16)4-9(18(19)20)5-11(13)17/h1-5H,6H2. The number of nitrogens with zero attached hydrogens (tertiary/aromatic N) is 1. The fraction of sp³-hybridized carbons (Fsp3) is 0.0769. The molecule has 0 amide bonds. The van der Waals surface area contributed by atoms with Crippen LogP contribution >= 0.6 is 50.7 Å². The predicted molar refractivity (Wildman–Crippen MR) is 87.3 cm³/mol. The van der Waals surface area contributed by atoms with Crippen LogP contribution in [0.3, 0.4) is 0 Å². The lowest BCUT2D eigenvalue weighted by molar-refractivity contribution is -0.384. The highest BCUT2D eigenvalue weighted by molar-refractivity contribution is 9.08. The molecule has 0 heterocycles. The summed E-state index contributed by atoms with van der Waals surface area (Å²) in [7, 11) is 0. The van der Waals surface area contributed by atoms with E-state index in [0.29, 0.717) is 16.1 Å². The average molecular weight is 411 g/mol. The van der Waals surface area contributed by atoms with Gasteiger partial charge < -0.3 is 4.74 Å². The molecule has 2 aromatic rings. The molecule has 0 aliphatic carbocycles. The molecule has 2 rings (SSSR count). The van der Waals surface area contributed by atoms with Crippen LogP contribution in [-0.4, -0.2) is 4.92 Å². The second-order valence-corrected chi connectivity index (χ2v) is 5.79. The van der Waals surface area contributed by atoms with Crippen molar-refractivity contribution in [2.75, 3.05) is 0 Å². The first-order chi connectivity index (χ1) is 9.92. The summed E-state index contributed by atoms with van der Waals surface area (Å²) in [4.78, 5) is 10.2. The molecule has 0 atom stereocenters. The second-order valence-electron chi connectivity index (χ2n) is 3.98. The molecule has 4 nitrogen and oxygen atoms in total. The molecule has 0 saturated heterocycles. The topological polar surface area (TPSA) is 52.4 Å². The molecule has 0 spiro atoms. The SMILES string of the molecule is O=[N+]([O-])c1cc(Cl)c(Oc2ccc(Cl)cc2CBr)c(Cl)c1. The van der Waals surface area contributed by atoms with Crippen LogP contribution in [0.5, 0.6) is 11.5 Å². The van der Waals surface area contributed by atoms with Crippen molar-refractivity contribution in [3.05, 3.63) is 61.1 Å². The van der Waals surface area contributed by atoms with Crippen molar-refractivity contribution in [1.82, 2.24) is 0 Å². The number of hydrogen-bond acceptors (Lipinski definition) is 3. The van der Waals surface area contributed by atoms with Crippen LogP contribution in [0, 0.1) is 10.1 Å². The highest BCUT2D eigenvalue weighted by Gasteiger charge is 2.17. The number of nitro groups is 1. The number of ether oxygens (including phenoxy) is 1. The van der Waals surface area contributed by atoms with Crippen molar-refractivity contribution in [3.8, 4) is 11.5 Å². The number of alkyl halides is 1. The largest absolute Gasteiger partial charge is 0.454 e. The first-order valence-electron chi connectivity index (χ1n) is 5.58. The molecule has 0 fully saturated rings. The molecule has 0 radical (unpaired) electrons. The number of nitro benzene ring substituents is 1. The van der Waals surface area contributed by atoms with Gasteiger partial charge in [-0.25, -0.2) is 0 Å². The van der Waals surface area contributed by atoms with E-state index in [1.54, 1.807) is 18.2 Å². The maximum atomic E-state index is 10.7. The van der Waals surface area contributed by atoms with Gasteiger partial charge in [0.05, 0.1) is 15.0 Å². The highest BCUT2D eigenvalue weighted by atomic mass is 79.9. The van der Waals surface area contributed by atoms with Gasteiger partial charge in [-0.3, -0.25) is 10.1 Å². The Hall–Kier alpha value is -1.01. The third-order valence-corrected chi connectivity index (χ3v) is 3.97. The first-order valence-corrected chi connectivity index (χ1v) is 7.83. The van der Waals surface area contributed by atoms with Crippen LogP contribution < -0.4 is 4.74 Å². The molecular formula is C13H7BrCl3NO3. The van der Waals surface area contributed by atoms with Gasteiger partial charge in [-0.1, -0.05) is 50.7 Å². The monoisotopic (exact) mass is 409 g/mol. The normalized spacial score (nSPS) is 10.5. The van der Waals surface area contributed by atoms with Crippen molar-refractivity contribution < 1.29 is 9.66 Å². The van der Waals surface area contributed by atoms with Gasteiger partial charge in [0.15, 0.2) is 5.75 Å². The summed E-state index contributed by atoms with van der Waals surface area (Å²) < 4.78 is 5.68. The van der Waals surface area contributed by atoms with Gasteiger partial charge >= 0.3 is 0 Å². The van der Waals surface area contributed by atoms with Crippen LogP contribution in [0.2, 0.25) is 15.1 Å². The van der Waals surface area contributed by atoms with Crippen LogP contribution in [0.25, 0.3) is 0 Å². The highest BCUT2D eigenvalue weighted by Crippen LogP contribution is 2.40. The van der Waals surface area contributed by atoms with Gasteiger partial charge in [-0.05, 0) is 18.2 Å². The van der Waals surface area contributed by atoms with Crippen molar-refractivity contribution in [2.45, 2.75) is 5.33 Å². The molecular weight excluding hydrogens is 404 g/mol. The Morgan fingerprint density at radius 3 is 2.29 bits per heavy atom. The Morgan fingerprint density at radius 2 is 1.76 bits per heavy atom. The van der Waals surface area contributed by atoms with Crippen molar-refractivity contribution >= 4 is 56.4 Å². The van der Waals surface area contributed by atoms with Crippen molar-refractivity contribution in [2.24, 2.45) is 0 Å². The molecule has 0 bridgehead atoms. The lowest BCUT2D eigenvalue weighted by atomic mass is 10.2. The number of benzene rings is 2. The summed E-state index contributed by atoms with van der Waals surface area (Å²) in [5, 5.41) is 11.9. The van der Waals surface area contributed by atoms with E-state index >= 15 is 0 Å². The van der Waals surface area contributed by atoms with E-state index in [1.165, 1.54) is 12.1 Å².